The van der Waals surface area contributed by atoms with E-state index in [1.54, 1.807) is 13.3 Å². The number of rotatable bonds is 5. The molecule has 0 bridgehead atoms. The standard InChI is InChI=1S/C19H20N2O/c1-14(6-5-11-20-4)19-12-15(2)16(3)21(19)18-9-7-17(13-22)8-10-18/h5-12,22H,1-3,13H2,4H3/b6-5-,20-11?. The SMILES string of the molecule is C=C(/C=C\C=NC)c1cc(=C)c(=C)n1-c1ccc(CO)cc1. The van der Waals surface area contributed by atoms with E-state index in [4.69, 9.17) is 5.11 Å². The van der Waals surface area contributed by atoms with Gasteiger partial charge in [-0.05, 0) is 40.6 Å². The molecule has 22 heavy (non-hydrogen) atoms. The van der Waals surface area contributed by atoms with Gasteiger partial charge in [0.15, 0.2) is 0 Å². The van der Waals surface area contributed by atoms with Crippen molar-refractivity contribution < 1.29 is 5.11 Å². The molecular weight excluding hydrogens is 272 g/mol. The molecule has 0 aliphatic rings. The number of benzene rings is 1. The highest BCUT2D eigenvalue weighted by molar-refractivity contribution is 5.80. The summed E-state index contributed by atoms with van der Waals surface area (Å²) < 4.78 is 2.01. The molecule has 1 N–H and O–H groups in total. The van der Waals surface area contributed by atoms with Crippen molar-refractivity contribution in [2.45, 2.75) is 6.61 Å². The second kappa shape index (κ2) is 6.87. The fourth-order valence-electron chi connectivity index (χ4n) is 2.21. The molecular formula is C19H20N2O. The second-order valence-electron chi connectivity index (χ2n) is 4.95. The van der Waals surface area contributed by atoms with Gasteiger partial charge >= 0.3 is 0 Å². The summed E-state index contributed by atoms with van der Waals surface area (Å²) >= 11 is 0. The first-order valence-electron chi connectivity index (χ1n) is 6.96. The number of aliphatic imine (C=N–C) groups is 1. The Bertz CT molecular complexity index is 824. The first-order valence-corrected chi connectivity index (χ1v) is 6.96. The number of aliphatic hydroxyl groups is 1. The van der Waals surface area contributed by atoms with Crippen LogP contribution in [-0.2, 0) is 6.61 Å². The van der Waals surface area contributed by atoms with Crippen molar-refractivity contribution in [2.75, 3.05) is 7.05 Å². The molecule has 0 aliphatic heterocycles. The van der Waals surface area contributed by atoms with Crippen LogP contribution in [0.15, 0.2) is 54.1 Å². The predicted octanol–water partition coefficient (Wildman–Crippen LogP) is 2.06. The van der Waals surface area contributed by atoms with Gasteiger partial charge < -0.3 is 9.67 Å². The Hall–Kier alpha value is -2.65. The van der Waals surface area contributed by atoms with Crippen molar-refractivity contribution in [3.05, 3.63) is 70.9 Å². The fraction of sp³-hybridized carbons (Fsp3) is 0.105. The van der Waals surface area contributed by atoms with E-state index in [9.17, 15) is 0 Å². The van der Waals surface area contributed by atoms with E-state index in [1.165, 1.54) is 0 Å². The monoisotopic (exact) mass is 292 g/mol. The minimum absolute atomic E-state index is 0.0302. The molecule has 0 fully saturated rings. The van der Waals surface area contributed by atoms with Gasteiger partial charge in [0, 0.05) is 24.3 Å². The topological polar surface area (TPSA) is 37.5 Å². The smallest absolute Gasteiger partial charge is 0.0681 e. The highest BCUT2D eigenvalue weighted by Gasteiger charge is 2.08. The molecule has 0 saturated heterocycles. The maximum Gasteiger partial charge on any atom is 0.0681 e. The molecule has 0 saturated carbocycles. The zero-order chi connectivity index (χ0) is 16.1. The molecule has 2 rings (SSSR count). The van der Waals surface area contributed by atoms with Gasteiger partial charge in [0.05, 0.1) is 12.3 Å². The quantitative estimate of drug-likeness (QED) is 0.665. The van der Waals surface area contributed by atoms with Gasteiger partial charge in [0.2, 0.25) is 0 Å². The van der Waals surface area contributed by atoms with Crippen LogP contribution in [0.3, 0.4) is 0 Å². The van der Waals surface area contributed by atoms with Gasteiger partial charge in [0.1, 0.15) is 0 Å². The van der Waals surface area contributed by atoms with Crippen molar-refractivity contribution in [1.29, 1.82) is 0 Å². The Morgan fingerprint density at radius 1 is 1.27 bits per heavy atom. The Kier molecular flexibility index (Phi) is 4.92. The molecule has 3 nitrogen and oxygen atoms in total. The molecule has 1 aromatic carbocycles. The lowest BCUT2D eigenvalue weighted by Gasteiger charge is -2.10. The average molecular weight is 292 g/mol. The van der Waals surface area contributed by atoms with E-state index in [2.05, 4.69) is 24.7 Å². The lowest BCUT2D eigenvalue weighted by Crippen LogP contribution is -2.25. The van der Waals surface area contributed by atoms with Crippen LogP contribution in [0, 0.1) is 0 Å². The number of aliphatic hydroxyl groups excluding tert-OH is 1. The Labute approximate surface area is 130 Å². The zero-order valence-corrected chi connectivity index (χ0v) is 12.8. The first-order chi connectivity index (χ1) is 10.6. The van der Waals surface area contributed by atoms with Crippen molar-refractivity contribution in [3.63, 3.8) is 0 Å². The molecule has 0 spiro atoms. The summed E-state index contributed by atoms with van der Waals surface area (Å²) in [6.07, 6.45) is 5.46. The average Bonchev–Trinajstić information content (AvgIpc) is 2.83. The molecule has 0 radical (unpaired) electrons. The Balaban J connectivity index is 2.53. The number of allylic oxidation sites excluding steroid dienone is 3. The summed E-state index contributed by atoms with van der Waals surface area (Å²) in [5.41, 5.74) is 3.63. The maximum absolute atomic E-state index is 9.16. The van der Waals surface area contributed by atoms with Crippen LogP contribution in [0.1, 0.15) is 11.3 Å². The fourth-order valence-corrected chi connectivity index (χ4v) is 2.21. The van der Waals surface area contributed by atoms with Crippen LogP contribution in [0.25, 0.3) is 24.4 Å². The zero-order valence-electron chi connectivity index (χ0n) is 12.8. The van der Waals surface area contributed by atoms with Gasteiger partial charge in [-0.25, -0.2) is 0 Å². The summed E-state index contributed by atoms with van der Waals surface area (Å²) in [5, 5.41) is 10.8. The van der Waals surface area contributed by atoms with Crippen LogP contribution in [0.5, 0.6) is 0 Å². The van der Waals surface area contributed by atoms with Crippen LogP contribution in [0.2, 0.25) is 0 Å². The number of hydrogen-bond donors (Lipinski definition) is 1. The third kappa shape index (κ3) is 3.15. The van der Waals surface area contributed by atoms with Gasteiger partial charge in [-0.15, -0.1) is 0 Å². The highest BCUT2D eigenvalue weighted by atomic mass is 16.3. The van der Waals surface area contributed by atoms with Crippen LogP contribution < -0.4 is 10.6 Å². The number of nitrogens with zero attached hydrogens (tertiary/aromatic N) is 2. The van der Waals surface area contributed by atoms with Gasteiger partial charge in [-0.3, -0.25) is 4.99 Å². The van der Waals surface area contributed by atoms with Gasteiger partial charge in [-0.1, -0.05) is 37.9 Å². The molecule has 0 amide bonds. The molecule has 1 heterocycles. The number of hydrogen-bond acceptors (Lipinski definition) is 2. The minimum Gasteiger partial charge on any atom is -0.392 e. The lowest BCUT2D eigenvalue weighted by molar-refractivity contribution is 0.282. The number of aromatic nitrogens is 1. The highest BCUT2D eigenvalue weighted by Crippen LogP contribution is 2.16. The molecule has 3 heteroatoms. The Morgan fingerprint density at radius 2 is 1.95 bits per heavy atom. The molecule has 112 valence electrons. The molecule has 0 aliphatic carbocycles. The largest absolute Gasteiger partial charge is 0.392 e. The van der Waals surface area contributed by atoms with E-state index in [-0.39, 0.29) is 6.61 Å². The Morgan fingerprint density at radius 3 is 2.55 bits per heavy atom. The third-order valence-corrected chi connectivity index (χ3v) is 3.43. The summed E-state index contributed by atoms with van der Waals surface area (Å²) in [4.78, 5) is 3.92. The third-order valence-electron chi connectivity index (χ3n) is 3.43. The van der Waals surface area contributed by atoms with Crippen LogP contribution >= 0.6 is 0 Å². The maximum atomic E-state index is 9.16. The summed E-state index contributed by atoms with van der Waals surface area (Å²) in [7, 11) is 1.72. The first kappa shape index (κ1) is 15.7. The van der Waals surface area contributed by atoms with E-state index in [1.807, 2.05) is 47.1 Å². The lowest BCUT2D eigenvalue weighted by atomic mass is 10.1. The summed E-state index contributed by atoms with van der Waals surface area (Å²) in [5.74, 6) is 0. The normalized spacial score (nSPS) is 11.5. The minimum atomic E-state index is 0.0302. The molecule has 0 unspecified atom stereocenters. The van der Waals surface area contributed by atoms with Crippen molar-refractivity contribution in [2.24, 2.45) is 4.99 Å². The van der Waals surface area contributed by atoms with Crippen molar-refractivity contribution >= 4 is 24.9 Å². The summed E-state index contributed by atoms with van der Waals surface area (Å²) in [6.45, 7) is 12.3. The van der Waals surface area contributed by atoms with Crippen molar-refractivity contribution in [1.82, 2.24) is 4.57 Å². The predicted molar refractivity (Wildman–Crippen MR) is 94.6 cm³/mol. The van der Waals surface area contributed by atoms with E-state index in [0.29, 0.717) is 0 Å². The van der Waals surface area contributed by atoms with E-state index in [0.717, 1.165) is 33.1 Å². The van der Waals surface area contributed by atoms with Gasteiger partial charge in [-0.2, -0.15) is 0 Å². The second-order valence-corrected chi connectivity index (χ2v) is 4.95. The molecule has 2 aromatic rings. The summed E-state index contributed by atoms with van der Waals surface area (Å²) in [6, 6.07) is 9.66. The van der Waals surface area contributed by atoms with E-state index >= 15 is 0 Å². The molecule has 1 aromatic heterocycles. The van der Waals surface area contributed by atoms with E-state index < -0.39 is 0 Å². The van der Waals surface area contributed by atoms with Gasteiger partial charge in [0.25, 0.3) is 0 Å². The van der Waals surface area contributed by atoms with Crippen molar-refractivity contribution in [3.8, 4) is 5.69 Å². The molecule has 0 atom stereocenters. The van der Waals surface area contributed by atoms with Crippen LogP contribution in [-0.4, -0.2) is 22.9 Å². The van der Waals surface area contributed by atoms with Crippen LogP contribution in [0.4, 0.5) is 0 Å².